The Bertz CT molecular complexity index is 322. The molecule has 2 unspecified atom stereocenters. The zero-order chi connectivity index (χ0) is 11.5. The summed E-state index contributed by atoms with van der Waals surface area (Å²) in [6, 6.07) is -0.127. The van der Waals surface area contributed by atoms with Crippen LogP contribution in [0.15, 0.2) is 12.2 Å². The van der Waals surface area contributed by atoms with Crippen molar-refractivity contribution in [3.63, 3.8) is 0 Å². The molecule has 4 nitrogen and oxygen atoms in total. The second-order valence-corrected chi connectivity index (χ2v) is 5.62. The van der Waals surface area contributed by atoms with Gasteiger partial charge in [0.25, 0.3) is 0 Å². The fourth-order valence-electron chi connectivity index (χ4n) is 1.77. The van der Waals surface area contributed by atoms with Crippen LogP contribution in [0.3, 0.4) is 0 Å². The van der Waals surface area contributed by atoms with Gasteiger partial charge in [0.15, 0.2) is 0 Å². The van der Waals surface area contributed by atoms with Gasteiger partial charge in [-0.1, -0.05) is 26.0 Å². The molecule has 0 spiro atoms. The molecule has 0 bridgehead atoms. The van der Waals surface area contributed by atoms with Crippen LogP contribution >= 0.6 is 0 Å². The summed E-state index contributed by atoms with van der Waals surface area (Å²) >= 11 is 0. The van der Waals surface area contributed by atoms with Gasteiger partial charge in [-0.15, -0.1) is 0 Å². The second kappa shape index (κ2) is 5.09. The third-order valence-corrected chi connectivity index (χ3v) is 3.35. The highest BCUT2D eigenvalue weighted by Gasteiger charge is 2.30. The molecule has 1 fully saturated rings. The summed E-state index contributed by atoms with van der Waals surface area (Å²) in [4.78, 5) is 0. The average Bonchev–Trinajstić information content (AvgIpc) is 1.99. The average molecular weight is 233 g/mol. The maximum atomic E-state index is 11.4. The second-order valence-electron chi connectivity index (χ2n) is 4.29. The summed E-state index contributed by atoms with van der Waals surface area (Å²) in [6.07, 6.45) is 4.99. The summed E-state index contributed by atoms with van der Waals surface area (Å²) in [6.45, 7) is 5.99. The van der Waals surface area contributed by atoms with E-state index in [2.05, 4.69) is 18.6 Å². The van der Waals surface area contributed by atoms with Crippen LogP contribution in [0.4, 0.5) is 0 Å². The number of allylic oxidation sites excluding steroid dienone is 1. The van der Waals surface area contributed by atoms with Crippen LogP contribution in [0.5, 0.6) is 0 Å². The molecule has 1 heterocycles. The molecule has 1 saturated heterocycles. The number of rotatable bonds is 3. The maximum Gasteiger partial charge on any atom is 0.336 e. The predicted octanol–water partition coefficient (Wildman–Crippen LogP) is 1.60. The highest BCUT2D eigenvalue weighted by molar-refractivity contribution is 7.84. The normalized spacial score (nSPS) is 31.2. The van der Waals surface area contributed by atoms with Crippen LogP contribution < -0.4 is 4.72 Å². The summed E-state index contributed by atoms with van der Waals surface area (Å²) in [7, 11) is -3.55. The Hall–Kier alpha value is -0.390. The highest BCUT2D eigenvalue weighted by atomic mass is 32.2. The molecule has 0 radical (unpaired) electrons. The SMILES string of the molecule is C/C=C/C1CC(CC(C)C)OS(=O)(=O)N1. The Kier molecular flexibility index (Phi) is 4.31. The van der Waals surface area contributed by atoms with Crippen molar-refractivity contribution in [3.8, 4) is 0 Å². The molecule has 1 N–H and O–H groups in total. The van der Waals surface area contributed by atoms with Gasteiger partial charge in [0.1, 0.15) is 0 Å². The quantitative estimate of drug-likeness (QED) is 0.753. The van der Waals surface area contributed by atoms with Gasteiger partial charge in [0, 0.05) is 6.04 Å². The van der Waals surface area contributed by atoms with Crippen LogP contribution in [-0.4, -0.2) is 20.6 Å². The van der Waals surface area contributed by atoms with Gasteiger partial charge in [-0.3, -0.25) is 4.18 Å². The van der Waals surface area contributed by atoms with Crippen LogP contribution in [0.1, 0.15) is 33.6 Å². The summed E-state index contributed by atoms with van der Waals surface area (Å²) < 4.78 is 30.2. The van der Waals surface area contributed by atoms with E-state index in [-0.39, 0.29) is 12.1 Å². The van der Waals surface area contributed by atoms with Crippen molar-refractivity contribution in [2.75, 3.05) is 0 Å². The van der Waals surface area contributed by atoms with Crippen molar-refractivity contribution in [2.45, 2.75) is 45.8 Å². The smallest absolute Gasteiger partial charge is 0.255 e. The molecule has 88 valence electrons. The molecule has 0 aromatic heterocycles. The Balaban J connectivity index is 2.68. The lowest BCUT2D eigenvalue weighted by Crippen LogP contribution is -2.45. The fraction of sp³-hybridized carbons (Fsp3) is 0.800. The Morgan fingerprint density at radius 2 is 2.20 bits per heavy atom. The van der Waals surface area contributed by atoms with E-state index < -0.39 is 10.3 Å². The molecule has 1 aliphatic heterocycles. The minimum atomic E-state index is -3.55. The molecule has 1 aliphatic rings. The van der Waals surface area contributed by atoms with Gasteiger partial charge in [-0.05, 0) is 25.7 Å². The Labute approximate surface area is 92.0 Å². The van der Waals surface area contributed by atoms with Crippen molar-refractivity contribution in [1.82, 2.24) is 4.72 Å². The number of nitrogens with one attached hydrogen (secondary N) is 1. The molecule has 0 aromatic carbocycles. The van der Waals surface area contributed by atoms with Gasteiger partial charge in [-0.2, -0.15) is 13.1 Å². The molecular formula is C10H19NO3S. The Morgan fingerprint density at radius 1 is 1.53 bits per heavy atom. The lowest BCUT2D eigenvalue weighted by molar-refractivity contribution is 0.143. The molecule has 0 aliphatic carbocycles. The van der Waals surface area contributed by atoms with E-state index in [1.807, 2.05) is 19.1 Å². The molecule has 5 heteroatoms. The standard InChI is InChI=1S/C10H19NO3S/c1-4-5-9-7-10(6-8(2)3)14-15(12,13)11-9/h4-5,8-11H,6-7H2,1-3H3/b5-4+. The first-order valence-electron chi connectivity index (χ1n) is 5.26. The van der Waals surface area contributed by atoms with Crippen molar-refractivity contribution in [1.29, 1.82) is 0 Å². The van der Waals surface area contributed by atoms with Crippen molar-refractivity contribution >= 4 is 10.3 Å². The topological polar surface area (TPSA) is 55.4 Å². The lowest BCUT2D eigenvalue weighted by Gasteiger charge is -2.29. The maximum absolute atomic E-state index is 11.4. The van der Waals surface area contributed by atoms with Crippen LogP contribution in [0, 0.1) is 5.92 Å². The van der Waals surface area contributed by atoms with E-state index >= 15 is 0 Å². The first kappa shape index (κ1) is 12.7. The summed E-state index contributed by atoms with van der Waals surface area (Å²) in [5, 5.41) is 0. The van der Waals surface area contributed by atoms with E-state index in [4.69, 9.17) is 4.18 Å². The first-order valence-corrected chi connectivity index (χ1v) is 6.67. The van der Waals surface area contributed by atoms with Crippen LogP contribution in [-0.2, 0) is 14.5 Å². The zero-order valence-electron chi connectivity index (χ0n) is 9.43. The molecular weight excluding hydrogens is 214 g/mol. The van der Waals surface area contributed by atoms with Crippen molar-refractivity contribution in [2.24, 2.45) is 5.92 Å². The van der Waals surface area contributed by atoms with Gasteiger partial charge >= 0.3 is 10.3 Å². The molecule has 0 amide bonds. The lowest BCUT2D eigenvalue weighted by atomic mass is 10.0. The van der Waals surface area contributed by atoms with E-state index in [0.717, 1.165) is 6.42 Å². The van der Waals surface area contributed by atoms with Crippen molar-refractivity contribution < 1.29 is 12.6 Å². The van der Waals surface area contributed by atoms with Crippen LogP contribution in [0.2, 0.25) is 0 Å². The van der Waals surface area contributed by atoms with Crippen LogP contribution in [0.25, 0.3) is 0 Å². The monoisotopic (exact) mass is 233 g/mol. The summed E-state index contributed by atoms with van der Waals surface area (Å²) in [5.41, 5.74) is 0. The molecule has 15 heavy (non-hydrogen) atoms. The molecule has 0 aromatic rings. The first-order chi connectivity index (χ1) is 6.93. The van der Waals surface area contributed by atoms with E-state index in [9.17, 15) is 8.42 Å². The minimum absolute atomic E-state index is 0.127. The highest BCUT2D eigenvalue weighted by Crippen LogP contribution is 2.20. The Morgan fingerprint density at radius 3 is 2.73 bits per heavy atom. The molecule has 0 saturated carbocycles. The fourth-order valence-corrected chi connectivity index (χ4v) is 2.89. The predicted molar refractivity (Wildman–Crippen MR) is 59.6 cm³/mol. The molecule has 2 atom stereocenters. The van der Waals surface area contributed by atoms with E-state index in [0.29, 0.717) is 12.3 Å². The van der Waals surface area contributed by atoms with E-state index in [1.54, 1.807) is 0 Å². The van der Waals surface area contributed by atoms with E-state index in [1.165, 1.54) is 0 Å². The zero-order valence-corrected chi connectivity index (χ0v) is 10.3. The third-order valence-electron chi connectivity index (χ3n) is 2.23. The van der Waals surface area contributed by atoms with Crippen molar-refractivity contribution in [3.05, 3.63) is 12.2 Å². The molecule has 1 rings (SSSR count). The number of hydrogen-bond acceptors (Lipinski definition) is 3. The van der Waals surface area contributed by atoms with Gasteiger partial charge in [-0.25, -0.2) is 0 Å². The third kappa shape index (κ3) is 4.32. The largest absolute Gasteiger partial charge is 0.336 e. The minimum Gasteiger partial charge on any atom is -0.255 e. The van der Waals surface area contributed by atoms with Gasteiger partial charge in [0.2, 0.25) is 0 Å². The number of hydrogen-bond donors (Lipinski definition) is 1. The van der Waals surface area contributed by atoms with Gasteiger partial charge < -0.3 is 0 Å². The summed E-state index contributed by atoms with van der Waals surface area (Å²) in [5.74, 6) is 0.439. The van der Waals surface area contributed by atoms with Gasteiger partial charge in [0.05, 0.1) is 6.10 Å².